The van der Waals surface area contributed by atoms with Crippen LogP contribution in [0.3, 0.4) is 0 Å². The van der Waals surface area contributed by atoms with Crippen LogP contribution in [0.15, 0.2) is 73.1 Å². The third kappa shape index (κ3) is 2.50. The quantitative estimate of drug-likeness (QED) is 0.347. The first-order valence-corrected chi connectivity index (χ1v) is 9.28. The van der Waals surface area contributed by atoms with E-state index in [1.165, 1.54) is 5.56 Å². The molecule has 27 heavy (non-hydrogen) atoms. The van der Waals surface area contributed by atoms with Crippen LogP contribution < -0.4 is 0 Å². The highest BCUT2D eigenvalue weighted by atomic mass is 15.0. The van der Waals surface area contributed by atoms with E-state index in [0.717, 1.165) is 38.7 Å². The summed E-state index contributed by atoms with van der Waals surface area (Å²) in [6.07, 6.45) is 4.14. The molecule has 0 aliphatic carbocycles. The monoisotopic (exact) mass is 351 g/mol. The molecule has 5 rings (SSSR count). The minimum atomic E-state index is -0.0100. The van der Waals surface area contributed by atoms with E-state index >= 15 is 0 Å². The second kappa shape index (κ2) is 5.65. The number of rotatable bonds is 1. The van der Waals surface area contributed by atoms with Crippen LogP contribution in [0.4, 0.5) is 0 Å². The standard InChI is InChI=1S/C24H21N3/c1-24(2,3)21-15-27-20-12-8-7-11-18(20)22-19(23(27)26-21)13-17(14-25-22)16-9-5-4-6-10-16/h4-15H,1-3H3. The van der Waals surface area contributed by atoms with Crippen LogP contribution in [0.2, 0.25) is 0 Å². The van der Waals surface area contributed by atoms with E-state index in [-0.39, 0.29) is 5.41 Å². The van der Waals surface area contributed by atoms with Gasteiger partial charge in [-0.15, -0.1) is 0 Å². The molecule has 0 saturated carbocycles. The number of hydrogen-bond acceptors (Lipinski definition) is 2. The van der Waals surface area contributed by atoms with E-state index in [4.69, 9.17) is 9.97 Å². The maximum atomic E-state index is 5.02. The van der Waals surface area contributed by atoms with Gasteiger partial charge in [-0.2, -0.15) is 0 Å². The van der Waals surface area contributed by atoms with Crippen LogP contribution in [0, 0.1) is 0 Å². The molecule has 3 heterocycles. The van der Waals surface area contributed by atoms with Crippen molar-refractivity contribution in [2.45, 2.75) is 26.2 Å². The van der Waals surface area contributed by atoms with Crippen LogP contribution in [-0.2, 0) is 5.41 Å². The number of imidazole rings is 1. The Bertz CT molecular complexity index is 1290. The molecule has 0 fully saturated rings. The van der Waals surface area contributed by atoms with Gasteiger partial charge in [0.05, 0.1) is 16.7 Å². The van der Waals surface area contributed by atoms with Gasteiger partial charge in [-0.3, -0.25) is 9.38 Å². The predicted octanol–water partition coefficient (Wildman–Crippen LogP) is 6.00. The number of nitrogens with zero attached hydrogens (tertiary/aromatic N) is 3. The van der Waals surface area contributed by atoms with Gasteiger partial charge in [-0.25, -0.2) is 4.98 Å². The van der Waals surface area contributed by atoms with Gasteiger partial charge in [0.25, 0.3) is 0 Å². The van der Waals surface area contributed by atoms with E-state index in [1.807, 2.05) is 12.3 Å². The average molecular weight is 351 g/mol. The fourth-order valence-corrected chi connectivity index (χ4v) is 3.64. The summed E-state index contributed by atoms with van der Waals surface area (Å²) in [7, 11) is 0. The summed E-state index contributed by atoms with van der Waals surface area (Å²) >= 11 is 0. The molecule has 0 spiro atoms. The highest BCUT2D eigenvalue weighted by molar-refractivity contribution is 6.10. The lowest BCUT2D eigenvalue weighted by Gasteiger charge is -2.13. The van der Waals surface area contributed by atoms with Crippen LogP contribution in [-0.4, -0.2) is 14.4 Å². The molecule has 0 aliphatic heterocycles. The first-order chi connectivity index (χ1) is 13.0. The van der Waals surface area contributed by atoms with Gasteiger partial charge >= 0.3 is 0 Å². The molecule has 3 nitrogen and oxygen atoms in total. The largest absolute Gasteiger partial charge is 0.299 e. The zero-order chi connectivity index (χ0) is 18.6. The molecule has 0 amide bonds. The van der Waals surface area contributed by atoms with Crippen molar-refractivity contribution in [2.75, 3.05) is 0 Å². The summed E-state index contributed by atoms with van der Waals surface area (Å²) in [6, 6.07) is 21.0. The fraction of sp³-hybridized carbons (Fsp3) is 0.167. The van der Waals surface area contributed by atoms with Gasteiger partial charge in [0.15, 0.2) is 0 Å². The summed E-state index contributed by atoms with van der Waals surface area (Å²) < 4.78 is 2.22. The van der Waals surface area contributed by atoms with Crippen LogP contribution in [0.5, 0.6) is 0 Å². The molecule has 5 aromatic rings. The molecule has 0 unspecified atom stereocenters. The highest BCUT2D eigenvalue weighted by Crippen LogP contribution is 2.33. The summed E-state index contributed by atoms with van der Waals surface area (Å²) in [5, 5.41) is 2.24. The summed E-state index contributed by atoms with van der Waals surface area (Å²) in [5.41, 5.74) is 6.47. The minimum Gasteiger partial charge on any atom is -0.299 e. The third-order valence-electron chi connectivity index (χ3n) is 5.13. The van der Waals surface area contributed by atoms with Crippen molar-refractivity contribution in [3.05, 3.63) is 78.8 Å². The Balaban J connectivity index is 1.93. The Morgan fingerprint density at radius 3 is 2.33 bits per heavy atom. The van der Waals surface area contributed by atoms with Crippen molar-refractivity contribution >= 4 is 27.5 Å². The maximum Gasteiger partial charge on any atom is 0.147 e. The normalized spacial score (nSPS) is 12.3. The van der Waals surface area contributed by atoms with Crippen LogP contribution >= 0.6 is 0 Å². The lowest BCUT2D eigenvalue weighted by atomic mass is 9.93. The number of pyridine rings is 2. The van der Waals surface area contributed by atoms with Gasteiger partial charge in [-0.1, -0.05) is 69.3 Å². The van der Waals surface area contributed by atoms with E-state index in [1.54, 1.807) is 0 Å². The average Bonchev–Trinajstić information content (AvgIpc) is 3.15. The molecule has 3 heteroatoms. The maximum absolute atomic E-state index is 5.02. The van der Waals surface area contributed by atoms with Gasteiger partial charge in [0.1, 0.15) is 5.65 Å². The smallest absolute Gasteiger partial charge is 0.147 e. The number of hydrogen-bond donors (Lipinski definition) is 0. The molecule has 0 atom stereocenters. The van der Waals surface area contributed by atoms with E-state index in [2.05, 4.69) is 86.0 Å². The topological polar surface area (TPSA) is 30.2 Å². The molecule has 2 aromatic carbocycles. The molecule has 3 aromatic heterocycles. The van der Waals surface area contributed by atoms with Crippen molar-refractivity contribution in [1.29, 1.82) is 0 Å². The highest BCUT2D eigenvalue weighted by Gasteiger charge is 2.20. The lowest BCUT2D eigenvalue weighted by molar-refractivity contribution is 0.573. The molecule has 0 aliphatic rings. The van der Waals surface area contributed by atoms with E-state index < -0.39 is 0 Å². The number of fused-ring (bicyclic) bond motifs is 6. The van der Waals surface area contributed by atoms with Gasteiger partial charge < -0.3 is 0 Å². The van der Waals surface area contributed by atoms with E-state index in [0.29, 0.717) is 0 Å². The van der Waals surface area contributed by atoms with Crippen LogP contribution in [0.25, 0.3) is 38.6 Å². The molecule has 0 radical (unpaired) electrons. The zero-order valence-corrected chi connectivity index (χ0v) is 15.8. The molecule has 0 bridgehead atoms. The minimum absolute atomic E-state index is 0.0100. The third-order valence-corrected chi connectivity index (χ3v) is 5.13. The van der Waals surface area contributed by atoms with Gasteiger partial charge in [0, 0.05) is 34.1 Å². The molecular weight excluding hydrogens is 330 g/mol. The fourth-order valence-electron chi connectivity index (χ4n) is 3.64. The molecule has 0 saturated heterocycles. The number of para-hydroxylation sites is 1. The molecule has 132 valence electrons. The Morgan fingerprint density at radius 2 is 1.56 bits per heavy atom. The van der Waals surface area contributed by atoms with Crippen molar-refractivity contribution in [1.82, 2.24) is 14.4 Å². The Morgan fingerprint density at radius 1 is 0.815 bits per heavy atom. The van der Waals surface area contributed by atoms with Crippen molar-refractivity contribution in [2.24, 2.45) is 0 Å². The molecule has 0 N–H and O–H groups in total. The van der Waals surface area contributed by atoms with E-state index in [9.17, 15) is 0 Å². The SMILES string of the molecule is CC(C)(C)c1cn2c3ccccc3c3ncc(-c4ccccc4)cc3c2n1. The molecular formula is C24H21N3. The number of benzene rings is 2. The summed E-state index contributed by atoms with van der Waals surface area (Å²) in [5.74, 6) is 0. The Hall–Kier alpha value is -3.20. The summed E-state index contributed by atoms with van der Waals surface area (Å²) in [6.45, 7) is 6.60. The second-order valence-corrected chi connectivity index (χ2v) is 8.07. The van der Waals surface area contributed by atoms with Crippen molar-refractivity contribution in [3.8, 4) is 11.1 Å². The second-order valence-electron chi connectivity index (χ2n) is 8.07. The van der Waals surface area contributed by atoms with Gasteiger partial charge in [0.2, 0.25) is 0 Å². The first-order valence-electron chi connectivity index (χ1n) is 9.28. The van der Waals surface area contributed by atoms with Gasteiger partial charge in [-0.05, 0) is 17.7 Å². The van der Waals surface area contributed by atoms with Crippen LogP contribution in [0.1, 0.15) is 26.5 Å². The Labute approximate surface area is 158 Å². The van der Waals surface area contributed by atoms with Crippen molar-refractivity contribution in [3.63, 3.8) is 0 Å². The summed E-state index contributed by atoms with van der Waals surface area (Å²) in [4.78, 5) is 9.87. The van der Waals surface area contributed by atoms with Crippen molar-refractivity contribution < 1.29 is 0 Å². The first kappa shape index (κ1) is 16.0. The lowest BCUT2D eigenvalue weighted by Crippen LogP contribution is -2.11. The Kier molecular flexibility index (Phi) is 3.35. The number of aromatic nitrogens is 3. The zero-order valence-electron chi connectivity index (χ0n) is 15.8. The predicted molar refractivity (Wildman–Crippen MR) is 112 cm³/mol.